The maximum Gasteiger partial charge on any atom is 0.274 e. The molecular weight excluding hydrogens is 320 g/mol. The summed E-state index contributed by atoms with van der Waals surface area (Å²) in [6.07, 6.45) is 4.40. The lowest BCUT2D eigenvalue weighted by atomic mass is 9.96. The molecule has 1 fully saturated rings. The number of aryl methyl sites for hydroxylation is 2. The van der Waals surface area contributed by atoms with E-state index in [2.05, 4.69) is 32.6 Å². The highest BCUT2D eigenvalue weighted by atomic mass is 32.1. The molecule has 5 nitrogen and oxygen atoms in total. The summed E-state index contributed by atoms with van der Waals surface area (Å²) in [4.78, 5) is 18.4. The predicted octanol–water partition coefficient (Wildman–Crippen LogP) is 2.37. The average molecular weight is 342 g/mol. The molecule has 4 rings (SSSR count). The van der Waals surface area contributed by atoms with E-state index < -0.39 is 0 Å². The molecule has 2 aliphatic rings. The molecule has 0 saturated carbocycles. The Morgan fingerprint density at radius 2 is 1.96 bits per heavy atom. The molecule has 2 aromatic rings. The predicted molar refractivity (Wildman–Crippen MR) is 94.2 cm³/mol. The molecule has 3 heterocycles. The highest BCUT2D eigenvalue weighted by Gasteiger charge is 2.24. The van der Waals surface area contributed by atoms with Crippen LogP contribution < -0.4 is 0 Å². The molecule has 1 saturated heterocycles. The summed E-state index contributed by atoms with van der Waals surface area (Å²) < 4.78 is 0. The van der Waals surface area contributed by atoms with Crippen molar-refractivity contribution >= 4 is 17.2 Å². The van der Waals surface area contributed by atoms with Gasteiger partial charge in [0, 0.05) is 37.6 Å². The molecule has 24 heavy (non-hydrogen) atoms. The number of carbonyl (C=O) groups is 1. The lowest BCUT2D eigenvalue weighted by molar-refractivity contribution is 0.0622. The Labute approximate surface area is 146 Å². The van der Waals surface area contributed by atoms with Gasteiger partial charge in [0.05, 0.1) is 5.69 Å². The summed E-state index contributed by atoms with van der Waals surface area (Å²) in [7, 11) is 0. The molecule has 1 aliphatic carbocycles. The summed E-state index contributed by atoms with van der Waals surface area (Å²) in [5.41, 5.74) is 2.82. The maximum absolute atomic E-state index is 12.7. The third kappa shape index (κ3) is 3.35. The van der Waals surface area contributed by atoms with Crippen LogP contribution >= 0.6 is 11.3 Å². The number of carbonyl (C=O) groups excluding carboxylic acids is 1. The van der Waals surface area contributed by atoms with E-state index in [-0.39, 0.29) is 5.91 Å². The SMILES string of the molecule is O=C(c1cc2c(nn1)CCCC2)N1CCN(Cc2cccs2)CC1. The second kappa shape index (κ2) is 6.99. The van der Waals surface area contributed by atoms with Crippen LogP contribution in [-0.4, -0.2) is 52.1 Å². The minimum atomic E-state index is 0.0339. The first-order chi connectivity index (χ1) is 11.8. The van der Waals surface area contributed by atoms with E-state index in [1.807, 2.05) is 11.0 Å². The first kappa shape index (κ1) is 15.7. The first-order valence-corrected chi connectivity index (χ1v) is 9.57. The van der Waals surface area contributed by atoms with Crippen LogP contribution in [0.4, 0.5) is 0 Å². The zero-order valence-corrected chi connectivity index (χ0v) is 14.6. The van der Waals surface area contributed by atoms with E-state index in [0.29, 0.717) is 5.69 Å². The molecule has 126 valence electrons. The fraction of sp³-hybridized carbons (Fsp3) is 0.500. The van der Waals surface area contributed by atoms with Gasteiger partial charge < -0.3 is 4.90 Å². The monoisotopic (exact) mass is 342 g/mol. The van der Waals surface area contributed by atoms with Gasteiger partial charge in [0.2, 0.25) is 0 Å². The largest absolute Gasteiger partial charge is 0.335 e. The number of rotatable bonds is 3. The van der Waals surface area contributed by atoms with Gasteiger partial charge in [0.25, 0.3) is 5.91 Å². The molecule has 0 aromatic carbocycles. The quantitative estimate of drug-likeness (QED) is 0.859. The number of hydrogen-bond donors (Lipinski definition) is 0. The summed E-state index contributed by atoms with van der Waals surface area (Å²) in [5, 5.41) is 10.6. The van der Waals surface area contributed by atoms with Crippen LogP contribution in [0.5, 0.6) is 0 Å². The normalized spacial score (nSPS) is 18.4. The van der Waals surface area contributed by atoms with Crippen molar-refractivity contribution in [1.29, 1.82) is 0 Å². The highest BCUT2D eigenvalue weighted by Crippen LogP contribution is 2.20. The van der Waals surface area contributed by atoms with Gasteiger partial charge in [-0.05, 0) is 48.8 Å². The molecule has 1 amide bonds. The number of nitrogens with zero attached hydrogens (tertiary/aromatic N) is 4. The molecule has 0 bridgehead atoms. The Hall–Kier alpha value is -1.79. The van der Waals surface area contributed by atoms with Crippen molar-refractivity contribution in [2.75, 3.05) is 26.2 Å². The van der Waals surface area contributed by atoms with Gasteiger partial charge in [-0.25, -0.2) is 0 Å². The van der Waals surface area contributed by atoms with Crippen LogP contribution in [0, 0.1) is 0 Å². The second-order valence-electron chi connectivity index (χ2n) is 6.56. The van der Waals surface area contributed by atoms with Crippen LogP contribution in [-0.2, 0) is 19.4 Å². The smallest absolute Gasteiger partial charge is 0.274 e. The van der Waals surface area contributed by atoms with Gasteiger partial charge in [0.1, 0.15) is 0 Å². The fourth-order valence-corrected chi connectivity index (χ4v) is 4.24. The van der Waals surface area contributed by atoms with Crippen molar-refractivity contribution in [3.05, 3.63) is 45.4 Å². The second-order valence-corrected chi connectivity index (χ2v) is 7.59. The van der Waals surface area contributed by atoms with Gasteiger partial charge >= 0.3 is 0 Å². The van der Waals surface area contributed by atoms with Crippen molar-refractivity contribution in [3.8, 4) is 0 Å². The molecule has 6 heteroatoms. The van der Waals surface area contributed by atoms with E-state index in [1.54, 1.807) is 11.3 Å². The van der Waals surface area contributed by atoms with Gasteiger partial charge in [-0.2, -0.15) is 5.10 Å². The molecule has 1 aliphatic heterocycles. The van der Waals surface area contributed by atoms with Crippen molar-refractivity contribution in [2.24, 2.45) is 0 Å². The van der Waals surface area contributed by atoms with Gasteiger partial charge in [0.15, 0.2) is 5.69 Å². The van der Waals surface area contributed by atoms with Gasteiger partial charge in [-0.3, -0.25) is 9.69 Å². The third-order valence-corrected chi connectivity index (χ3v) is 5.77. The average Bonchev–Trinajstić information content (AvgIpc) is 3.14. The van der Waals surface area contributed by atoms with E-state index in [0.717, 1.165) is 51.3 Å². The molecule has 0 radical (unpaired) electrons. The lowest BCUT2D eigenvalue weighted by Gasteiger charge is -2.34. The van der Waals surface area contributed by atoms with Crippen LogP contribution in [0.1, 0.15) is 39.5 Å². The van der Waals surface area contributed by atoms with E-state index >= 15 is 0 Å². The van der Waals surface area contributed by atoms with Crippen LogP contribution in [0.25, 0.3) is 0 Å². The van der Waals surface area contributed by atoms with Crippen molar-refractivity contribution < 1.29 is 4.79 Å². The number of aromatic nitrogens is 2. The van der Waals surface area contributed by atoms with Crippen LogP contribution in [0.2, 0.25) is 0 Å². The fourth-order valence-electron chi connectivity index (χ4n) is 3.49. The summed E-state index contributed by atoms with van der Waals surface area (Å²) >= 11 is 1.79. The van der Waals surface area contributed by atoms with E-state index in [4.69, 9.17) is 0 Å². The minimum Gasteiger partial charge on any atom is -0.335 e. The number of hydrogen-bond acceptors (Lipinski definition) is 5. The number of fused-ring (bicyclic) bond motifs is 1. The Bertz CT molecular complexity index is 708. The third-order valence-electron chi connectivity index (χ3n) is 4.91. The molecule has 0 spiro atoms. The van der Waals surface area contributed by atoms with Crippen molar-refractivity contribution in [1.82, 2.24) is 20.0 Å². The molecule has 0 atom stereocenters. The zero-order valence-electron chi connectivity index (χ0n) is 13.8. The topological polar surface area (TPSA) is 49.3 Å². The van der Waals surface area contributed by atoms with Crippen molar-refractivity contribution in [2.45, 2.75) is 32.2 Å². The summed E-state index contributed by atoms with van der Waals surface area (Å²) in [6, 6.07) is 6.24. The molecule has 2 aromatic heterocycles. The maximum atomic E-state index is 12.7. The Kier molecular flexibility index (Phi) is 4.58. The standard InChI is InChI=1S/C18H22N4OS/c23-18(17-12-14-4-1-2-6-16(14)19-20-17)22-9-7-21(8-10-22)13-15-5-3-11-24-15/h3,5,11-12H,1-2,4,6-10,13H2. The molecule has 0 unspecified atom stereocenters. The van der Waals surface area contributed by atoms with Crippen molar-refractivity contribution in [3.63, 3.8) is 0 Å². The first-order valence-electron chi connectivity index (χ1n) is 8.69. The van der Waals surface area contributed by atoms with Crippen LogP contribution in [0.15, 0.2) is 23.6 Å². The summed E-state index contributed by atoms with van der Waals surface area (Å²) in [5.74, 6) is 0.0339. The van der Waals surface area contributed by atoms with Gasteiger partial charge in [-0.1, -0.05) is 6.07 Å². The number of piperazine rings is 1. The highest BCUT2D eigenvalue weighted by molar-refractivity contribution is 7.09. The lowest BCUT2D eigenvalue weighted by Crippen LogP contribution is -2.48. The Balaban J connectivity index is 1.37. The number of thiophene rings is 1. The summed E-state index contributed by atoms with van der Waals surface area (Å²) in [6.45, 7) is 4.36. The molecular formula is C18H22N4OS. The van der Waals surface area contributed by atoms with Gasteiger partial charge in [-0.15, -0.1) is 16.4 Å². The van der Waals surface area contributed by atoms with Crippen LogP contribution in [0.3, 0.4) is 0 Å². The Morgan fingerprint density at radius 1 is 1.12 bits per heavy atom. The van der Waals surface area contributed by atoms with E-state index in [1.165, 1.54) is 23.3 Å². The molecule has 0 N–H and O–H groups in total. The van der Waals surface area contributed by atoms with E-state index in [9.17, 15) is 4.79 Å². The Morgan fingerprint density at radius 3 is 2.75 bits per heavy atom. The minimum absolute atomic E-state index is 0.0339. The number of amides is 1. The zero-order chi connectivity index (χ0) is 16.4.